The highest BCUT2D eigenvalue weighted by atomic mass is 32.2. The van der Waals surface area contributed by atoms with Crippen molar-refractivity contribution in [3.05, 3.63) is 12.7 Å². The average Bonchev–Trinajstić information content (AvgIpc) is 3.72. The monoisotopic (exact) mass is 735 g/mol. The van der Waals surface area contributed by atoms with Gasteiger partial charge in [-0.15, -0.1) is 6.58 Å². The van der Waals surface area contributed by atoms with Crippen molar-refractivity contribution in [3.8, 4) is 0 Å². The van der Waals surface area contributed by atoms with Gasteiger partial charge in [-0.3, -0.25) is 19.2 Å². The lowest BCUT2D eigenvalue weighted by Gasteiger charge is -2.41. The number of unbranched alkanes of at least 4 members (excludes halogenated alkanes) is 1. The fraction of sp³-hybridized carbons (Fsp3) is 0.816. The standard InChI is InChI=1S/C38H65N5O7S/c1-11-13-17-27(29(44)32(46)39-25-18-19-25)40-31(45)28-26(37(9,10)12-2)20-23-43(28)33(47)30(35(3,4)5)41-34(48)42-38(21-15-14-16-22-38)24-51(49,50)36(6,7)8/h12,25-28,30H,2,11,13-24H2,1,3-10H3,(H,39,46)(H,40,45)(H2,41,42,48)/t26-,27-,28-,30+/m0/s1. The van der Waals surface area contributed by atoms with Crippen LogP contribution in [0.1, 0.15) is 133 Å². The van der Waals surface area contributed by atoms with Crippen molar-refractivity contribution < 1.29 is 32.4 Å². The molecule has 2 saturated carbocycles. The molecule has 0 bridgehead atoms. The topological polar surface area (TPSA) is 171 Å². The second-order valence-electron chi connectivity index (χ2n) is 17.8. The maximum atomic E-state index is 14.6. The predicted octanol–water partition coefficient (Wildman–Crippen LogP) is 4.57. The van der Waals surface area contributed by atoms with Crippen LogP contribution in [-0.2, 0) is 29.0 Å². The van der Waals surface area contributed by atoms with E-state index in [1.54, 1.807) is 26.8 Å². The smallest absolute Gasteiger partial charge is 0.315 e. The third-order valence-electron chi connectivity index (χ3n) is 11.0. The number of ketones is 1. The van der Waals surface area contributed by atoms with Crippen molar-refractivity contribution in [2.24, 2.45) is 16.7 Å². The summed E-state index contributed by atoms with van der Waals surface area (Å²) in [4.78, 5) is 70.3. The molecule has 1 aliphatic heterocycles. The Kier molecular flexibility index (Phi) is 13.6. The Hall–Kier alpha value is -2.96. The first-order valence-corrected chi connectivity index (χ1v) is 20.5. The van der Waals surface area contributed by atoms with E-state index >= 15 is 0 Å². The van der Waals surface area contributed by atoms with Crippen LogP contribution in [0.15, 0.2) is 12.7 Å². The second kappa shape index (κ2) is 16.4. The van der Waals surface area contributed by atoms with E-state index in [1.165, 1.54) is 4.90 Å². The van der Waals surface area contributed by atoms with Gasteiger partial charge in [0.1, 0.15) is 12.1 Å². The number of Topliss-reactive ketones (excluding diaryl/α,β-unsaturated/α-hetero) is 1. The Morgan fingerprint density at radius 2 is 1.53 bits per heavy atom. The average molecular weight is 736 g/mol. The van der Waals surface area contributed by atoms with Crippen LogP contribution in [-0.4, -0.2) is 89.6 Å². The van der Waals surface area contributed by atoms with Crippen molar-refractivity contribution in [1.82, 2.24) is 26.2 Å². The number of carbonyl (C=O) groups excluding carboxylic acids is 5. The van der Waals surface area contributed by atoms with Gasteiger partial charge in [-0.25, -0.2) is 13.2 Å². The highest BCUT2D eigenvalue weighted by Crippen LogP contribution is 2.41. The summed E-state index contributed by atoms with van der Waals surface area (Å²) in [6.07, 6.45) is 9.05. The Balaban J connectivity index is 1.91. The molecule has 0 unspecified atom stereocenters. The van der Waals surface area contributed by atoms with Crippen molar-refractivity contribution in [3.63, 3.8) is 0 Å². The number of rotatable bonds is 15. The van der Waals surface area contributed by atoms with E-state index in [2.05, 4.69) is 27.8 Å². The number of urea groups is 1. The number of likely N-dealkylation sites (tertiary alicyclic amines) is 1. The maximum absolute atomic E-state index is 14.6. The van der Waals surface area contributed by atoms with Gasteiger partial charge in [0.05, 0.1) is 22.1 Å². The third kappa shape index (κ3) is 10.8. The highest BCUT2D eigenvalue weighted by molar-refractivity contribution is 7.92. The molecule has 4 atom stereocenters. The van der Waals surface area contributed by atoms with E-state index in [-0.39, 0.29) is 30.7 Å². The molecule has 2 aliphatic carbocycles. The van der Waals surface area contributed by atoms with Crippen LogP contribution >= 0.6 is 0 Å². The molecule has 13 heteroatoms. The van der Waals surface area contributed by atoms with Gasteiger partial charge in [0.25, 0.3) is 5.91 Å². The number of hydrogen-bond donors (Lipinski definition) is 4. The summed E-state index contributed by atoms with van der Waals surface area (Å²) in [7, 11) is -3.58. The molecule has 12 nitrogen and oxygen atoms in total. The number of nitrogens with one attached hydrogen (secondary N) is 4. The van der Waals surface area contributed by atoms with Crippen LogP contribution in [0.2, 0.25) is 0 Å². The van der Waals surface area contributed by atoms with Crippen molar-refractivity contribution >= 4 is 39.4 Å². The van der Waals surface area contributed by atoms with Gasteiger partial charge in [-0.2, -0.15) is 0 Å². The molecule has 1 heterocycles. The Morgan fingerprint density at radius 1 is 0.922 bits per heavy atom. The van der Waals surface area contributed by atoms with E-state index in [1.807, 2.05) is 41.5 Å². The zero-order valence-corrected chi connectivity index (χ0v) is 33.4. The number of nitrogens with zero attached hydrogens (tertiary/aromatic N) is 1. The fourth-order valence-corrected chi connectivity index (χ4v) is 8.73. The van der Waals surface area contributed by atoms with Crippen LogP contribution in [0.4, 0.5) is 4.79 Å². The van der Waals surface area contributed by atoms with Crippen LogP contribution in [0.5, 0.6) is 0 Å². The zero-order chi connectivity index (χ0) is 38.6. The van der Waals surface area contributed by atoms with E-state index in [0.717, 1.165) is 38.5 Å². The molecule has 3 fully saturated rings. The summed E-state index contributed by atoms with van der Waals surface area (Å²) >= 11 is 0. The lowest BCUT2D eigenvalue weighted by atomic mass is 9.74. The number of hydrogen-bond acceptors (Lipinski definition) is 7. The molecule has 0 aromatic rings. The summed E-state index contributed by atoms with van der Waals surface area (Å²) in [5.74, 6) is -2.95. The first-order chi connectivity index (χ1) is 23.5. The summed E-state index contributed by atoms with van der Waals surface area (Å²) in [6, 6.07) is -3.76. The molecular weight excluding hydrogens is 671 g/mol. The minimum atomic E-state index is -3.58. The zero-order valence-electron chi connectivity index (χ0n) is 32.6. The largest absolute Gasteiger partial charge is 0.347 e. The van der Waals surface area contributed by atoms with Gasteiger partial charge in [0.2, 0.25) is 17.6 Å². The van der Waals surface area contributed by atoms with Crippen molar-refractivity contribution in [1.29, 1.82) is 0 Å². The Labute approximate surface area is 306 Å². The molecule has 0 spiro atoms. The third-order valence-corrected chi connectivity index (χ3v) is 13.8. The predicted molar refractivity (Wildman–Crippen MR) is 199 cm³/mol. The van der Waals surface area contributed by atoms with E-state index in [4.69, 9.17) is 0 Å². The van der Waals surface area contributed by atoms with Gasteiger partial charge in [-0.05, 0) is 76.0 Å². The Morgan fingerprint density at radius 3 is 2.04 bits per heavy atom. The molecular formula is C38H65N5O7S. The minimum absolute atomic E-state index is 0.0143. The van der Waals surface area contributed by atoms with E-state index in [9.17, 15) is 32.4 Å². The molecule has 4 N–H and O–H groups in total. The van der Waals surface area contributed by atoms with Gasteiger partial charge in [-0.1, -0.05) is 79.7 Å². The van der Waals surface area contributed by atoms with Crippen molar-refractivity contribution in [2.75, 3.05) is 12.3 Å². The van der Waals surface area contributed by atoms with Gasteiger partial charge >= 0.3 is 6.03 Å². The first kappa shape index (κ1) is 42.5. The summed E-state index contributed by atoms with van der Waals surface area (Å²) < 4.78 is 25.7. The van der Waals surface area contributed by atoms with Gasteiger partial charge < -0.3 is 26.2 Å². The first-order valence-electron chi connectivity index (χ1n) is 18.9. The SMILES string of the molecule is C=CC(C)(C)[C@H]1CCN(C(=O)[C@@H](NC(=O)NC2(CS(=O)(=O)C(C)(C)C)CCCCC2)C(C)(C)C)[C@@H]1C(=O)N[C@@H](CCCC)C(=O)C(=O)NC1CC1. The fourth-order valence-electron chi connectivity index (χ4n) is 7.21. The molecule has 3 aliphatic rings. The normalized spacial score (nSPS) is 22.3. The quantitative estimate of drug-likeness (QED) is 0.141. The number of amides is 5. The van der Waals surface area contributed by atoms with Crippen LogP contribution in [0.3, 0.4) is 0 Å². The molecule has 0 aromatic carbocycles. The van der Waals surface area contributed by atoms with E-state index < -0.39 is 78.6 Å². The molecule has 290 valence electrons. The van der Waals surface area contributed by atoms with Crippen molar-refractivity contribution in [2.45, 2.75) is 167 Å². The lowest BCUT2D eigenvalue weighted by molar-refractivity contribution is -0.145. The number of allylic oxidation sites excluding steroid dienone is 1. The summed E-state index contributed by atoms with van der Waals surface area (Å²) in [5, 5.41) is 11.5. The number of sulfone groups is 1. The highest BCUT2D eigenvalue weighted by Gasteiger charge is 2.51. The molecule has 1 saturated heterocycles. The molecule has 51 heavy (non-hydrogen) atoms. The van der Waals surface area contributed by atoms with Gasteiger partial charge in [0, 0.05) is 12.6 Å². The van der Waals surface area contributed by atoms with E-state index in [0.29, 0.717) is 25.7 Å². The second-order valence-corrected chi connectivity index (χ2v) is 20.6. The summed E-state index contributed by atoms with van der Waals surface area (Å²) in [5.41, 5.74) is -2.34. The summed E-state index contributed by atoms with van der Waals surface area (Å²) in [6.45, 7) is 20.5. The molecule has 0 radical (unpaired) electrons. The molecule has 3 rings (SSSR count). The van der Waals surface area contributed by atoms with Gasteiger partial charge in [0.15, 0.2) is 9.84 Å². The molecule has 5 amide bonds. The maximum Gasteiger partial charge on any atom is 0.315 e. The van der Waals surface area contributed by atoms with Crippen LogP contribution in [0, 0.1) is 16.7 Å². The lowest BCUT2D eigenvalue weighted by Crippen LogP contribution is -2.64. The van der Waals surface area contributed by atoms with Crippen LogP contribution < -0.4 is 21.3 Å². The Bertz CT molecular complexity index is 1420. The molecule has 0 aromatic heterocycles. The number of carbonyl (C=O) groups is 5. The minimum Gasteiger partial charge on any atom is -0.347 e. The van der Waals surface area contributed by atoms with Crippen LogP contribution in [0.25, 0.3) is 0 Å².